The molecule has 0 bridgehead atoms. The van der Waals surface area contributed by atoms with Crippen LogP contribution in [0.1, 0.15) is 66.7 Å². The third kappa shape index (κ3) is 6.40. The first-order valence-electron chi connectivity index (χ1n) is 16.6. The van der Waals surface area contributed by atoms with E-state index in [-0.39, 0.29) is 28.1 Å². The molecule has 3 aromatic carbocycles. The third-order valence-corrected chi connectivity index (χ3v) is 10.3. The highest BCUT2D eigenvalue weighted by Gasteiger charge is 2.35. The van der Waals surface area contributed by atoms with Crippen molar-refractivity contribution in [2.75, 3.05) is 30.8 Å². The molecule has 3 aliphatic heterocycles. The minimum absolute atomic E-state index is 0.0378. The Morgan fingerprint density at radius 3 is 2.56 bits per heavy atom. The van der Waals surface area contributed by atoms with Gasteiger partial charge in [-0.05, 0) is 75.1 Å². The number of benzene rings is 3. The normalized spacial score (nSPS) is 17.4. The van der Waals surface area contributed by atoms with Crippen LogP contribution in [0.4, 0.5) is 21.5 Å². The second-order valence-electron chi connectivity index (χ2n) is 14.0. The van der Waals surface area contributed by atoms with Gasteiger partial charge in [-0.15, -0.1) is 5.53 Å². The first-order chi connectivity index (χ1) is 23.9. The molecule has 4 aromatic rings. The second-order valence-corrected chi connectivity index (χ2v) is 14.8. The van der Waals surface area contributed by atoms with Crippen LogP contribution in [0, 0.1) is 17.1 Å². The summed E-state index contributed by atoms with van der Waals surface area (Å²) in [7, 11) is 1.81. The SMILES string of the molecule is CN1Cc2cccc([C@H](Nc3cc(Cl)c4ncc(C#N)c(Nc5ccc(F)c(Cl)c5)c4c3)C3=CN(C4CCN(C(C)(C)C)CC4)NN3)c2C1=O. The van der Waals surface area contributed by atoms with Crippen LogP contribution in [-0.4, -0.2) is 57.4 Å². The predicted molar refractivity (Wildman–Crippen MR) is 195 cm³/mol. The fourth-order valence-corrected chi connectivity index (χ4v) is 7.49. The van der Waals surface area contributed by atoms with E-state index in [2.05, 4.69) is 69.5 Å². The zero-order chi connectivity index (χ0) is 35.3. The van der Waals surface area contributed by atoms with Crippen LogP contribution in [0.3, 0.4) is 0 Å². The summed E-state index contributed by atoms with van der Waals surface area (Å²) in [6.07, 6.45) is 5.54. The average molecular weight is 715 g/mol. The lowest BCUT2D eigenvalue weighted by Gasteiger charge is -2.42. The minimum atomic E-state index is -0.548. The number of hydrogen-bond acceptors (Lipinski definition) is 9. The largest absolute Gasteiger partial charge is 0.373 e. The van der Waals surface area contributed by atoms with Crippen molar-refractivity contribution in [2.45, 2.75) is 57.8 Å². The van der Waals surface area contributed by atoms with E-state index in [1.807, 2.05) is 24.3 Å². The number of anilines is 3. The Morgan fingerprint density at radius 1 is 1.08 bits per heavy atom. The first-order valence-corrected chi connectivity index (χ1v) is 17.3. The summed E-state index contributed by atoms with van der Waals surface area (Å²) in [5.41, 5.74) is 12.5. The van der Waals surface area contributed by atoms with Gasteiger partial charge in [0.25, 0.3) is 5.91 Å². The second kappa shape index (κ2) is 13.3. The van der Waals surface area contributed by atoms with E-state index in [0.717, 1.165) is 42.8 Å². The molecule has 1 fully saturated rings. The molecule has 4 heterocycles. The fraction of sp³-hybridized carbons (Fsp3) is 0.324. The number of nitrogens with zero attached hydrogens (tertiary/aromatic N) is 5. The quantitative estimate of drug-likeness (QED) is 0.155. The molecule has 4 N–H and O–H groups in total. The molecule has 13 heteroatoms. The van der Waals surface area contributed by atoms with Gasteiger partial charge < -0.3 is 21.0 Å². The predicted octanol–water partition coefficient (Wildman–Crippen LogP) is 7.46. The van der Waals surface area contributed by atoms with Crippen molar-refractivity contribution in [3.63, 3.8) is 0 Å². The van der Waals surface area contributed by atoms with Crippen LogP contribution >= 0.6 is 23.2 Å². The van der Waals surface area contributed by atoms with Crippen LogP contribution in [0.2, 0.25) is 10.0 Å². The molecule has 10 nitrogen and oxygen atoms in total. The van der Waals surface area contributed by atoms with Crippen molar-refractivity contribution in [1.29, 1.82) is 5.26 Å². The molecule has 0 unspecified atom stereocenters. The Morgan fingerprint density at radius 2 is 1.84 bits per heavy atom. The van der Waals surface area contributed by atoms with Gasteiger partial charge in [-0.2, -0.15) is 5.26 Å². The zero-order valence-corrected chi connectivity index (χ0v) is 29.8. The standard InChI is InChI=1S/C37H38Cl2FN9O/c1-37(2,3)48-12-10-25(11-13-48)49-20-31(45-46-49)35(26-7-5-6-21-19-47(4)36(50)32(21)26)44-24-14-27-33(43-23-8-9-30(40)28(38)15-23)22(17-41)18-42-34(27)29(39)16-24/h5-9,14-16,18,20,25,35,44-46H,10-13,19H2,1-4H3,(H,42,43)/t35-/m0/s1. The van der Waals surface area contributed by atoms with Crippen LogP contribution < -0.4 is 21.6 Å². The molecule has 0 aliphatic carbocycles. The number of likely N-dealkylation sites (tertiary alicyclic amines) is 1. The van der Waals surface area contributed by atoms with Gasteiger partial charge in [0.15, 0.2) is 0 Å². The Kier molecular flexibility index (Phi) is 8.99. The van der Waals surface area contributed by atoms with Gasteiger partial charge >= 0.3 is 0 Å². The van der Waals surface area contributed by atoms with Crippen molar-refractivity contribution in [1.82, 2.24) is 30.8 Å². The van der Waals surface area contributed by atoms with E-state index < -0.39 is 11.9 Å². The van der Waals surface area contributed by atoms with Gasteiger partial charge in [0, 0.05) is 67.4 Å². The molecule has 50 heavy (non-hydrogen) atoms. The monoisotopic (exact) mass is 713 g/mol. The number of piperidine rings is 1. The van der Waals surface area contributed by atoms with Crippen molar-refractivity contribution >= 4 is 57.1 Å². The molecule has 1 atom stereocenters. The molecule has 3 aliphatic rings. The maximum atomic E-state index is 14.0. The van der Waals surface area contributed by atoms with E-state index in [0.29, 0.717) is 45.1 Å². The summed E-state index contributed by atoms with van der Waals surface area (Å²) < 4.78 is 14.0. The number of fused-ring (bicyclic) bond motifs is 2. The average Bonchev–Trinajstić information content (AvgIpc) is 3.69. The molecule has 7 rings (SSSR count). The van der Waals surface area contributed by atoms with Crippen molar-refractivity contribution < 1.29 is 9.18 Å². The maximum Gasteiger partial charge on any atom is 0.254 e. The van der Waals surface area contributed by atoms with Crippen LogP contribution in [0.5, 0.6) is 0 Å². The van der Waals surface area contributed by atoms with Gasteiger partial charge in [0.1, 0.15) is 11.9 Å². The van der Waals surface area contributed by atoms with E-state index >= 15 is 0 Å². The number of halogens is 3. The molecule has 258 valence electrons. The lowest BCUT2D eigenvalue weighted by molar-refractivity contribution is 0.0570. The van der Waals surface area contributed by atoms with Gasteiger partial charge in [0.2, 0.25) is 0 Å². The maximum absolute atomic E-state index is 14.0. The molecule has 1 aromatic heterocycles. The number of hydrogen-bond donors (Lipinski definition) is 4. The Bertz CT molecular complexity index is 2070. The molecule has 1 amide bonds. The van der Waals surface area contributed by atoms with Gasteiger partial charge in [-0.1, -0.05) is 41.4 Å². The lowest BCUT2D eigenvalue weighted by Crippen LogP contribution is -2.52. The van der Waals surface area contributed by atoms with Crippen molar-refractivity contribution in [3.05, 3.63) is 105 Å². The Labute approximate surface area is 300 Å². The number of carbonyl (C=O) groups is 1. The van der Waals surface area contributed by atoms with Gasteiger partial charge in [0.05, 0.1) is 44.1 Å². The van der Waals surface area contributed by atoms with E-state index in [1.54, 1.807) is 24.1 Å². The first kappa shape index (κ1) is 33.9. The molecule has 0 spiro atoms. The summed E-state index contributed by atoms with van der Waals surface area (Å²) >= 11 is 12.9. The highest BCUT2D eigenvalue weighted by atomic mass is 35.5. The summed E-state index contributed by atoms with van der Waals surface area (Å²) in [5.74, 6) is -0.586. The van der Waals surface area contributed by atoms with Gasteiger partial charge in [-0.25, -0.2) is 4.39 Å². The number of hydrazine groups is 2. The van der Waals surface area contributed by atoms with Crippen LogP contribution in [0.15, 0.2) is 66.6 Å². The molecular formula is C37H38Cl2FN9O. The van der Waals surface area contributed by atoms with E-state index in [9.17, 15) is 14.4 Å². The zero-order valence-electron chi connectivity index (χ0n) is 28.2. The van der Waals surface area contributed by atoms with E-state index in [4.69, 9.17) is 23.2 Å². The summed E-state index contributed by atoms with van der Waals surface area (Å²) in [4.78, 5) is 22.2. The molecule has 1 saturated heterocycles. The summed E-state index contributed by atoms with van der Waals surface area (Å²) in [6, 6.07) is 15.9. The Balaban J connectivity index is 1.28. The molecule has 0 radical (unpaired) electrons. The minimum Gasteiger partial charge on any atom is -0.373 e. The van der Waals surface area contributed by atoms with Crippen LogP contribution in [0.25, 0.3) is 10.9 Å². The summed E-state index contributed by atoms with van der Waals surface area (Å²) in [6.45, 7) is 9.29. The lowest BCUT2D eigenvalue weighted by atomic mass is 9.94. The number of nitrogens with one attached hydrogen (secondary N) is 4. The number of nitriles is 1. The van der Waals surface area contributed by atoms with E-state index in [1.165, 1.54) is 18.3 Å². The van der Waals surface area contributed by atoms with Crippen LogP contribution in [-0.2, 0) is 6.54 Å². The summed E-state index contributed by atoms with van der Waals surface area (Å²) in [5, 5.41) is 19.9. The number of carbonyl (C=O) groups excluding carboxylic acids is 1. The fourth-order valence-electron chi connectivity index (χ4n) is 7.04. The smallest absolute Gasteiger partial charge is 0.254 e. The topological polar surface area (TPSA) is 112 Å². The molecule has 0 saturated carbocycles. The molecular weight excluding hydrogens is 676 g/mol. The number of rotatable bonds is 7. The number of aromatic nitrogens is 1. The van der Waals surface area contributed by atoms with Crippen molar-refractivity contribution in [3.8, 4) is 6.07 Å². The third-order valence-electron chi connectivity index (χ3n) is 9.73. The van der Waals surface area contributed by atoms with Crippen molar-refractivity contribution in [2.24, 2.45) is 0 Å². The highest BCUT2D eigenvalue weighted by Crippen LogP contribution is 2.39. The highest BCUT2D eigenvalue weighted by molar-refractivity contribution is 6.36. The van der Waals surface area contributed by atoms with Gasteiger partial charge in [-0.3, -0.25) is 19.7 Å². The number of amides is 1. The number of pyridine rings is 1. The Hall–Kier alpha value is -4.60.